The number of nitroso groups, excluding NO2 is 1. The largest absolute Gasteiger partial charge is 1.00 e. The Hall–Kier alpha value is -1.85. The van der Waals surface area contributed by atoms with Gasteiger partial charge in [-0.15, -0.1) is 4.91 Å². The number of ketones is 2. The minimum atomic E-state index is -2.17. The molecule has 2 bridgehead atoms. The van der Waals surface area contributed by atoms with E-state index in [0.29, 0.717) is 11.7 Å². The van der Waals surface area contributed by atoms with E-state index in [-0.39, 0.29) is 48.7 Å². The van der Waals surface area contributed by atoms with E-state index < -0.39 is 47.3 Å². The normalized spacial score (nSPS) is 24.4. The van der Waals surface area contributed by atoms with Crippen LogP contribution in [0.25, 0.3) is 0 Å². The molecule has 0 amide bonds. The first-order chi connectivity index (χ1) is 14.3. The van der Waals surface area contributed by atoms with Crippen molar-refractivity contribution in [3.63, 3.8) is 0 Å². The monoisotopic (exact) mass is 445 g/mol. The Morgan fingerprint density at radius 1 is 1.03 bits per heavy atom. The van der Waals surface area contributed by atoms with Crippen molar-refractivity contribution < 1.29 is 50.2 Å². The molecule has 2 aromatic carbocycles. The van der Waals surface area contributed by atoms with Crippen molar-refractivity contribution in [3.8, 4) is 0 Å². The zero-order chi connectivity index (χ0) is 21.7. The van der Waals surface area contributed by atoms with Gasteiger partial charge in [0.05, 0.1) is 13.5 Å². The molecule has 0 aliphatic heterocycles. The van der Waals surface area contributed by atoms with Crippen LogP contribution < -0.4 is 34.9 Å². The number of Topliss-reactive ketones (excluding diaryl/α,β-unsaturated/α-hetero) is 2. The van der Waals surface area contributed by atoms with Crippen molar-refractivity contribution in [2.75, 3.05) is 0 Å². The van der Waals surface area contributed by atoms with Crippen LogP contribution in [0.15, 0.2) is 59.8 Å². The van der Waals surface area contributed by atoms with Gasteiger partial charge in [0.2, 0.25) is 11.6 Å². The van der Waals surface area contributed by atoms with Gasteiger partial charge < -0.3 is 1.43 Å². The SMILES string of the molecule is CC1(C)C2CCC1(C(=O)P(C(=O)c1ccccc1N=O)c1ccccc1)C(=O)C2=O.[H-].[Na+]. The number of hydrogen-bond acceptors (Lipinski definition) is 6. The Morgan fingerprint density at radius 3 is 2.23 bits per heavy atom. The summed E-state index contributed by atoms with van der Waals surface area (Å²) in [5, 5.41) is 3.42. The molecular formula is C23H21NNaO5P. The predicted octanol–water partition coefficient (Wildman–Crippen LogP) is 1.25. The van der Waals surface area contributed by atoms with Crippen LogP contribution in [0.5, 0.6) is 0 Å². The first-order valence-corrected chi connectivity index (χ1v) is 11.1. The molecule has 2 saturated carbocycles. The van der Waals surface area contributed by atoms with Crippen molar-refractivity contribution >= 4 is 41.5 Å². The van der Waals surface area contributed by atoms with Gasteiger partial charge in [-0.3, -0.25) is 19.2 Å². The summed E-state index contributed by atoms with van der Waals surface area (Å²) in [6, 6.07) is 14.6. The second-order valence-electron chi connectivity index (χ2n) is 8.30. The minimum Gasteiger partial charge on any atom is -1.00 e. The fourth-order valence-electron chi connectivity index (χ4n) is 5.00. The van der Waals surface area contributed by atoms with Gasteiger partial charge in [0.25, 0.3) is 0 Å². The summed E-state index contributed by atoms with van der Waals surface area (Å²) in [5.41, 5.74) is -3.38. The average Bonchev–Trinajstić information content (AvgIpc) is 3.11. The van der Waals surface area contributed by atoms with Crippen LogP contribution in [0.4, 0.5) is 5.69 Å². The van der Waals surface area contributed by atoms with E-state index in [0.717, 1.165) is 0 Å². The first kappa shape index (κ1) is 23.8. The van der Waals surface area contributed by atoms with Crippen LogP contribution in [-0.2, 0) is 14.4 Å². The molecule has 2 fully saturated rings. The molecule has 0 saturated heterocycles. The van der Waals surface area contributed by atoms with Gasteiger partial charge in [-0.25, -0.2) is 0 Å². The molecule has 0 radical (unpaired) electrons. The second kappa shape index (κ2) is 8.59. The molecule has 6 nitrogen and oxygen atoms in total. The molecule has 154 valence electrons. The summed E-state index contributed by atoms with van der Waals surface area (Å²) in [5.74, 6) is -1.68. The zero-order valence-electron chi connectivity index (χ0n) is 18.6. The third kappa shape index (κ3) is 3.32. The molecule has 2 aliphatic carbocycles. The van der Waals surface area contributed by atoms with Gasteiger partial charge in [0, 0.05) is 5.92 Å². The Morgan fingerprint density at radius 2 is 1.65 bits per heavy atom. The fraction of sp³-hybridized carbons (Fsp3) is 0.304. The molecule has 2 aromatic rings. The van der Waals surface area contributed by atoms with Gasteiger partial charge in [-0.05, 0) is 40.9 Å². The molecule has 3 atom stereocenters. The van der Waals surface area contributed by atoms with Gasteiger partial charge >= 0.3 is 29.6 Å². The summed E-state index contributed by atoms with van der Waals surface area (Å²) >= 11 is 0. The van der Waals surface area contributed by atoms with Crippen molar-refractivity contribution in [3.05, 3.63) is 65.1 Å². The van der Waals surface area contributed by atoms with E-state index in [9.17, 15) is 24.1 Å². The molecule has 4 rings (SSSR count). The van der Waals surface area contributed by atoms with Crippen molar-refractivity contribution in [1.29, 1.82) is 0 Å². The summed E-state index contributed by atoms with van der Waals surface area (Å²) < 4.78 is 0. The first-order valence-electron chi connectivity index (χ1n) is 9.72. The molecule has 0 aromatic heterocycles. The van der Waals surface area contributed by atoms with Crippen molar-refractivity contribution in [2.24, 2.45) is 21.9 Å². The van der Waals surface area contributed by atoms with Crippen molar-refractivity contribution in [2.45, 2.75) is 26.7 Å². The molecular weight excluding hydrogens is 424 g/mol. The third-order valence-electron chi connectivity index (χ3n) is 6.73. The number of nitrogens with zero attached hydrogens (tertiary/aromatic N) is 1. The Balaban J connectivity index is 0.00000181. The quantitative estimate of drug-likeness (QED) is 0.219. The molecule has 8 heteroatoms. The standard InChI is InChI=1S/C23H20NO5P.Na.H/c1-22(2)16-12-13-23(22,19(26)18(16)25)21(28)30(14-8-4-3-5-9-14)20(27)15-10-6-7-11-17(15)24-29;;/h3-11,16H,12-13H2,1-2H3;;/q;+1;-1. The van der Waals surface area contributed by atoms with Crippen LogP contribution >= 0.6 is 7.92 Å². The summed E-state index contributed by atoms with van der Waals surface area (Å²) in [6.07, 6.45) is 0.725. The van der Waals surface area contributed by atoms with Crippen molar-refractivity contribution in [1.82, 2.24) is 0 Å². The number of carbonyl (C=O) groups excluding carboxylic acids is 4. The Labute approximate surface area is 204 Å². The third-order valence-corrected chi connectivity index (χ3v) is 8.98. The van der Waals surface area contributed by atoms with Gasteiger partial charge in [0.15, 0.2) is 11.0 Å². The number of hydrogen-bond donors (Lipinski definition) is 0. The number of fused-ring (bicyclic) bond motifs is 2. The Kier molecular flexibility index (Phi) is 6.60. The van der Waals surface area contributed by atoms with Crippen LogP contribution in [0, 0.1) is 21.7 Å². The van der Waals surface area contributed by atoms with Gasteiger partial charge in [0.1, 0.15) is 11.1 Å². The average molecular weight is 445 g/mol. The topological polar surface area (TPSA) is 97.7 Å². The van der Waals surface area contributed by atoms with Gasteiger partial charge in [-0.1, -0.05) is 56.3 Å². The number of benzene rings is 2. The van der Waals surface area contributed by atoms with E-state index in [2.05, 4.69) is 5.18 Å². The zero-order valence-corrected chi connectivity index (χ0v) is 20.5. The van der Waals surface area contributed by atoms with E-state index >= 15 is 0 Å². The molecule has 31 heavy (non-hydrogen) atoms. The molecule has 0 N–H and O–H groups in total. The Bertz CT molecular complexity index is 1110. The summed E-state index contributed by atoms with van der Waals surface area (Å²) in [4.78, 5) is 64.5. The molecule has 0 spiro atoms. The predicted molar refractivity (Wildman–Crippen MR) is 114 cm³/mol. The van der Waals surface area contributed by atoms with Crippen LogP contribution in [0.3, 0.4) is 0 Å². The van der Waals surface area contributed by atoms with Crippen LogP contribution in [0.2, 0.25) is 0 Å². The van der Waals surface area contributed by atoms with Crippen LogP contribution in [-0.4, -0.2) is 22.6 Å². The van der Waals surface area contributed by atoms with Crippen LogP contribution in [0.1, 0.15) is 38.5 Å². The maximum absolute atomic E-state index is 14.0. The van der Waals surface area contributed by atoms with E-state index in [1.807, 2.05) is 0 Å². The minimum absolute atomic E-state index is 0. The number of carbonyl (C=O) groups is 4. The summed E-state index contributed by atoms with van der Waals surface area (Å²) in [7, 11) is -2.17. The fourth-order valence-corrected chi connectivity index (χ4v) is 7.44. The smallest absolute Gasteiger partial charge is 1.00 e. The van der Waals surface area contributed by atoms with Gasteiger partial charge in [-0.2, -0.15) is 0 Å². The van der Waals surface area contributed by atoms with E-state index in [1.54, 1.807) is 56.3 Å². The van der Waals surface area contributed by atoms with E-state index in [1.165, 1.54) is 12.1 Å². The summed E-state index contributed by atoms with van der Waals surface area (Å²) in [6.45, 7) is 3.55. The molecule has 2 aliphatic rings. The molecule has 3 unspecified atom stereocenters. The van der Waals surface area contributed by atoms with E-state index in [4.69, 9.17) is 0 Å². The number of rotatable bonds is 6. The second-order valence-corrected chi connectivity index (χ2v) is 10.3. The maximum Gasteiger partial charge on any atom is 1.00 e. The maximum atomic E-state index is 14.0. The molecule has 0 heterocycles.